The number of guanidine groups is 2. The van der Waals surface area contributed by atoms with Gasteiger partial charge >= 0.3 is 0 Å². The summed E-state index contributed by atoms with van der Waals surface area (Å²) in [6, 6.07) is 0.832. The van der Waals surface area contributed by atoms with Crippen LogP contribution in [-0.4, -0.2) is 88.2 Å². The highest BCUT2D eigenvalue weighted by Gasteiger charge is 2.43. The highest BCUT2D eigenvalue weighted by molar-refractivity contribution is 5.96. The Morgan fingerprint density at radius 1 is 0.750 bits per heavy atom. The van der Waals surface area contributed by atoms with Gasteiger partial charge in [0.05, 0.1) is 0 Å². The highest BCUT2D eigenvalue weighted by Crippen LogP contribution is 2.33. The first-order chi connectivity index (χ1) is 14.4. The van der Waals surface area contributed by atoms with Gasteiger partial charge in [-0.2, -0.15) is 4.99 Å². The van der Waals surface area contributed by atoms with E-state index in [0.717, 1.165) is 37.6 Å². The number of rotatable bonds is 2. The first-order valence-corrected chi connectivity index (χ1v) is 12.3. The van der Waals surface area contributed by atoms with Crippen molar-refractivity contribution >= 4 is 11.9 Å². The Balaban J connectivity index is 1.86. The summed E-state index contributed by atoms with van der Waals surface area (Å²) in [6.07, 6.45) is 4.40. The van der Waals surface area contributed by atoms with E-state index >= 15 is 0 Å². The van der Waals surface area contributed by atoms with Gasteiger partial charge in [-0.25, -0.2) is 4.99 Å². The molecule has 0 aromatic rings. The highest BCUT2D eigenvalue weighted by atomic mass is 15.5. The fourth-order valence-corrected chi connectivity index (χ4v) is 6.53. The molecule has 1 unspecified atom stereocenters. The molecule has 3 aliphatic heterocycles. The molecule has 0 aromatic carbocycles. The minimum absolute atomic E-state index is 0.0628. The van der Waals surface area contributed by atoms with E-state index < -0.39 is 0 Å². The molecule has 0 saturated carbocycles. The molecule has 3 aliphatic rings. The van der Waals surface area contributed by atoms with Crippen LogP contribution in [0.3, 0.4) is 0 Å². The number of nitrogens with zero attached hydrogens (tertiary/aromatic N) is 5. The predicted molar refractivity (Wildman–Crippen MR) is 136 cm³/mol. The van der Waals surface area contributed by atoms with Crippen molar-refractivity contribution in [2.24, 2.45) is 9.98 Å². The fourth-order valence-electron chi connectivity index (χ4n) is 6.53. The molecular formula is C25H49N7. The third-order valence-corrected chi connectivity index (χ3v) is 7.44. The van der Waals surface area contributed by atoms with Crippen LogP contribution in [0.2, 0.25) is 0 Å². The number of hydrogen-bond donors (Lipinski definition) is 2. The average molecular weight is 448 g/mol. The molecule has 1 atom stereocenters. The van der Waals surface area contributed by atoms with E-state index in [-0.39, 0.29) is 28.3 Å². The molecule has 0 bridgehead atoms. The first-order valence-electron chi connectivity index (χ1n) is 12.3. The standard InChI is InChI=1S/C25H49N7/c1-17-26-20(31(11)18-13-22(2,3)28-23(4,5)14-18)27-21(30(17)10)32(12)19-15-24(6,7)29-25(8,9)16-19/h17-19,28-29H,13-16H2,1-12H3. The molecule has 0 spiro atoms. The third kappa shape index (κ3) is 5.58. The van der Waals surface area contributed by atoms with E-state index in [2.05, 4.69) is 109 Å². The van der Waals surface area contributed by atoms with Crippen LogP contribution < -0.4 is 10.6 Å². The average Bonchev–Trinajstić information content (AvgIpc) is 2.57. The maximum atomic E-state index is 5.16. The van der Waals surface area contributed by atoms with Gasteiger partial charge in [0.2, 0.25) is 11.9 Å². The summed E-state index contributed by atoms with van der Waals surface area (Å²) in [5.41, 5.74) is 0.377. The summed E-state index contributed by atoms with van der Waals surface area (Å²) in [5, 5.41) is 7.60. The molecule has 0 radical (unpaired) electrons. The number of hydrogen-bond acceptors (Lipinski definition) is 7. The van der Waals surface area contributed by atoms with E-state index in [4.69, 9.17) is 9.98 Å². The molecule has 0 aromatic heterocycles. The van der Waals surface area contributed by atoms with Crippen LogP contribution in [0.4, 0.5) is 0 Å². The van der Waals surface area contributed by atoms with Crippen LogP contribution in [0.15, 0.2) is 9.98 Å². The van der Waals surface area contributed by atoms with Gasteiger partial charge in [-0.1, -0.05) is 0 Å². The van der Waals surface area contributed by atoms with Crippen molar-refractivity contribution in [1.29, 1.82) is 0 Å². The third-order valence-electron chi connectivity index (χ3n) is 7.44. The minimum Gasteiger partial charge on any atom is -0.342 e. The van der Waals surface area contributed by atoms with Crippen LogP contribution in [0, 0.1) is 0 Å². The lowest BCUT2D eigenvalue weighted by atomic mass is 9.79. The largest absolute Gasteiger partial charge is 0.342 e. The van der Waals surface area contributed by atoms with Crippen LogP contribution in [-0.2, 0) is 0 Å². The van der Waals surface area contributed by atoms with E-state index in [1.807, 2.05) is 0 Å². The first kappa shape index (κ1) is 25.3. The van der Waals surface area contributed by atoms with Gasteiger partial charge in [0.25, 0.3) is 0 Å². The van der Waals surface area contributed by atoms with Crippen LogP contribution in [0.5, 0.6) is 0 Å². The van der Waals surface area contributed by atoms with Crippen molar-refractivity contribution in [3.8, 4) is 0 Å². The Morgan fingerprint density at radius 3 is 1.53 bits per heavy atom. The van der Waals surface area contributed by atoms with Gasteiger partial charge in [-0.3, -0.25) is 0 Å². The molecule has 0 amide bonds. The van der Waals surface area contributed by atoms with E-state index in [9.17, 15) is 0 Å². The van der Waals surface area contributed by atoms with Crippen LogP contribution in [0.1, 0.15) is 88.0 Å². The van der Waals surface area contributed by atoms with Crippen molar-refractivity contribution in [1.82, 2.24) is 25.3 Å². The minimum atomic E-state index is 0.0628. The lowest BCUT2D eigenvalue weighted by Gasteiger charge is -2.51. The molecule has 7 nitrogen and oxygen atoms in total. The van der Waals surface area contributed by atoms with E-state index in [0.29, 0.717) is 12.1 Å². The molecule has 2 N–H and O–H groups in total. The maximum Gasteiger partial charge on any atom is 0.225 e. The Bertz CT molecular complexity index is 732. The van der Waals surface area contributed by atoms with E-state index in [1.165, 1.54) is 0 Å². The predicted octanol–water partition coefficient (Wildman–Crippen LogP) is 3.47. The van der Waals surface area contributed by atoms with E-state index in [1.54, 1.807) is 0 Å². The lowest BCUT2D eigenvalue weighted by Crippen LogP contribution is -2.64. The molecule has 2 fully saturated rings. The smallest absolute Gasteiger partial charge is 0.225 e. The fraction of sp³-hybridized carbons (Fsp3) is 0.920. The van der Waals surface area contributed by atoms with Crippen molar-refractivity contribution in [2.45, 2.75) is 128 Å². The molecular weight excluding hydrogens is 398 g/mol. The second kappa shape index (κ2) is 8.15. The van der Waals surface area contributed by atoms with Crippen molar-refractivity contribution in [3.63, 3.8) is 0 Å². The summed E-state index contributed by atoms with van der Waals surface area (Å²) in [7, 11) is 6.51. The van der Waals surface area contributed by atoms with Crippen molar-refractivity contribution in [2.75, 3.05) is 21.1 Å². The second-order valence-electron chi connectivity index (χ2n) is 13.2. The summed E-state index contributed by atoms with van der Waals surface area (Å²) >= 11 is 0. The normalized spacial score (nSPS) is 29.9. The molecule has 3 heterocycles. The number of piperidine rings is 2. The summed E-state index contributed by atoms with van der Waals surface area (Å²) < 4.78 is 0. The van der Waals surface area contributed by atoms with Gasteiger partial charge in [-0.05, 0) is 88.0 Å². The Labute approximate surface area is 197 Å². The number of aliphatic imine (C=N–C) groups is 2. The van der Waals surface area contributed by atoms with Crippen molar-refractivity contribution < 1.29 is 0 Å². The zero-order valence-corrected chi connectivity index (χ0v) is 22.8. The van der Waals surface area contributed by atoms with Crippen LogP contribution in [0.25, 0.3) is 0 Å². The quantitative estimate of drug-likeness (QED) is 0.679. The van der Waals surface area contributed by atoms with Crippen molar-refractivity contribution in [3.05, 3.63) is 0 Å². The zero-order valence-electron chi connectivity index (χ0n) is 22.8. The maximum absolute atomic E-state index is 5.16. The summed E-state index contributed by atoms with van der Waals surface area (Å²) in [4.78, 5) is 17.1. The lowest BCUT2D eigenvalue weighted by molar-refractivity contribution is 0.104. The molecule has 184 valence electrons. The molecule has 0 aliphatic carbocycles. The summed E-state index contributed by atoms with van der Waals surface area (Å²) in [6.45, 7) is 20.6. The zero-order chi connectivity index (χ0) is 24.3. The monoisotopic (exact) mass is 447 g/mol. The van der Waals surface area contributed by atoms with Gasteiger partial charge in [0.1, 0.15) is 6.17 Å². The Kier molecular flexibility index (Phi) is 6.44. The van der Waals surface area contributed by atoms with Gasteiger partial charge in [0.15, 0.2) is 0 Å². The molecule has 3 rings (SSSR count). The SMILES string of the molecule is CC1N=C(N(C)C2CC(C)(C)NC(C)(C)C2)N=C(N(C)C2CC(C)(C)NC(C)(C)C2)N1C. The summed E-state index contributed by atoms with van der Waals surface area (Å²) in [5.74, 6) is 1.89. The molecule has 32 heavy (non-hydrogen) atoms. The van der Waals surface area contributed by atoms with Crippen LogP contribution >= 0.6 is 0 Å². The number of nitrogens with one attached hydrogen (secondary N) is 2. The molecule has 2 saturated heterocycles. The van der Waals surface area contributed by atoms with Gasteiger partial charge < -0.3 is 25.3 Å². The molecule has 7 heteroatoms. The Hall–Kier alpha value is -1.34. The van der Waals surface area contributed by atoms with Gasteiger partial charge in [0, 0.05) is 55.4 Å². The topological polar surface area (TPSA) is 58.5 Å². The Morgan fingerprint density at radius 2 is 1.12 bits per heavy atom. The van der Waals surface area contributed by atoms with Gasteiger partial charge in [-0.15, -0.1) is 0 Å². The second-order valence-corrected chi connectivity index (χ2v) is 13.2.